The number of phenols is 1. The van der Waals surface area contributed by atoms with E-state index in [-0.39, 0.29) is 44.2 Å². The van der Waals surface area contributed by atoms with E-state index in [1.165, 1.54) is 18.2 Å². The molecule has 0 amide bonds. The van der Waals surface area contributed by atoms with Gasteiger partial charge in [-0.2, -0.15) is 15.4 Å². The molecule has 0 saturated heterocycles. The molecule has 3 rings (SSSR count). The van der Waals surface area contributed by atoms with Gasteiger partial charge in [-0.25, -0.2) is 8.42 Å². The van der Waals surface area contributed by atoms with Crippen LogP contribution in [-0.2, 0) is 32.4 Å². The van der Waals surface area contributed by atoms with Gasteiger partial charge in [0.05, 0.1) is 10.6 Å². The van der Waals surface area contributed by atoms with E-state index < -0.39 is 10.0 Å². The van der Waals surface area contributed by atoms with Gasteiger partial charge in [0.25, 0.3) is 10.0 Å². The number of nitrogens with one attached hydrogen (secondary N) is 2. The van der Waals surface area contributed by atoms with Gasteiger partial charge in [0.15, 0.2) is 11.3 Å². The van der Waals surface area contributed by atoms with Gasteiger partial charge < -0.3 is 5.11 Å². The fourth-order valence-corrected chi connectivity index (χ4v) is 2.87. The zero-order valence-electron chi connectivity index (χ0n) is 10.4. The number of nitrogens with zero attached hydrogens (tertiary/aromatic N) is 2. The van der Waals surface area contributed by atoms with Crippen molar-refractivity contribution in [1.82, 2.24) is 15.4 Å². The van der Waals surface area contributed by atoms with Gasteiger partial charge >= 0.3 is 22.4 Å². The summed E-state index contributed by atoms with van der Waals surface area (Å²) in [4.78, 5) is 0.111. The van der Waals surface area contributed by atoms with Crippen LogP contribution in [0.3, 0.4) is 0 Å². The molecule has 2 aromatic carbocycles. The van der Waals surface area contributed by atoms with Crippen LogP contribution in [0.4, 0.5) is 5.69 Å². The topological polar surface area (TPSA) is 108 Å². The summed E-state index contributed by atoms with van der Waals surface area (Å²) in [6.07, 6.45) is 0. The summed E-state index contributed by atoms with van der Waals surface area (Å²) in [5, 5.41) is 19.9. The molecule has 0 aliphatic carbocycles. The number of hydrogen-bond acceptors (Lipinski definition) is 5. The average molecular weight is 398 g/mol. The van der Waals surface area contributed by atoms with Gasteiger partial charge in [-0.15, -0.1) is 0 Å². The van der Waals surface area contributed by atoms with Gasteiger partial charge in [-0.05, 0) is 24.3 Å². The van der Waals surface area contributed by atoms with E-state index in [1.807, 2.05) is 0 Å². The van der Waals surface area contributed by atoms with E-state index in [9.17, 15) is 13.5 Å². The van der Waals surface area contributed by atoms with Gasteiger partial charge in [0, 0.05) is 0 Å². The Morgan fingerprint density at radius 2 is 1.76 bits per heavy atom. The molecule has 0 saturated carbocycles. The Labute approximate surface area is 135 Å². The van der Waals surface area contributed by atoms with Crippen molar-refractivity contribution in [1.29, 1.82) is 0 Å². The number of anilines is 1. The molecule has 21 heavy (non-hydrogen) atoms. The van der Waals surface area contributed by atoms with Crippen molar-refractivity contribution >= 4 is 26.7 Å². The predicted molar refractivity (Wildman–Crippen MR) is 72.8 cm³/mol. The maximum atomic E-state index is 12.2. The maximum Gasteiger partial charge on any atom is 1.00 e. The molecule has 1 aromatic heterocycles. The van der Waals surface area contributed by atoms with E-state index in [1.54, 1.807) is 24.3 Å². The first-order chi connectivity index (χ1) is 9.58. The molecule has 3 aromatic rings. The molecule has 0 unspecified atom stereocenters. The van der Waals surface area contributed by atoms with Crippen molar-refractivity contribution < 1.29 is 35.9 Å². The second-order valence-corrected chi connectivity index (χ2v) is 5.75. The van der Waals surface area contributed by atoms with Gasteiger partial charge in [0.2, 0.25) is 0 Å². The minimum absolute atomic E-state index is 0. The number of fused-ring (bicyclic) bond motifs is 1. The number of sulfonamides is 1. The van der Waals surface area contributed by atoms with E-state index in [0.29, 0.717) is 5.52 Å². The van der Waals surface area contributed by atoms with Crippen LogP contribution in [0, 0.1) is 0 Å². The zero-order chi connectivity index (χ0) is 14.2. The summed E-state index contributed by atoms with van der Waals surface area (Å²) in [5.74, 6) is -0.268. The number of benzene rings is 2. The normalized spacial score (nSPS) is 11.0. The van der Waals surface area contributed by atoms with Crippen molar-refractivity contribution in [2.45, 2.75) is 4.90 Å². The van der Waals surface area contributed by atoms with Crippen LogP contribution in [0.2, 0.25) is 0 Å². The monoisotopic (exact) mass is 397 g/mol. The first kappa shape index (κ1) is 15.5. The zero-order valence-corrected chi connectivity index (χ0v) is 12.7. The molecule has 3 N–H and O–H groups in total. The number of aromatic nitrogens is 3. The van der Waals surface area contributed by atoms with Crippen molar-refractivity contribution in [3.63, 3.8) is 0 Å². The molecule has 0 aliphatic rings. The van der Waals surface area contributed by atoms with Gasteiger partial charge in [-0.1, -0.05) is 18.2 Å². The van der Waals surface area contributed by atoms with Crippen LogP contribution in [0.25, 0.3) is 11.0 Å². The molecule has 7 nitrogen and oxygen atoms in total. The molecule has 0 fully saturated rings. The fraction of sp³-hybridized carbons (Fsp3) is 0. The largest absolute Gasteiger partial charge is 1.00 e. The summed E-state index contributed by atoms with van der Waals surface area (Å²) in [5.41, 5.74) is 0.707. The Hall–Kier alpha value is -1.87. The Kier molecular flexibility index (Phi) is 4.33. The standard InChI is InChI=1S/C12H10N4O3S.Ag/c17-12-10(7-6-9-11(12)14-16-13-9)15-20(18,19)8-4-2-1-3-5-8;/h1-7,15,17H,(H,13,14,16);/q;+1. The molecule has 0 bridgehead atoms. The van der Waals surface area contributed by atoms with Crippen LogP contribution in [-0.4, -0.2) is 28.9 Å². The summed E-state index contributed by atoms with van der Waals surface area (Å²) >= 11 is 0. The average Bonchev–Trinajstić information content (AvgIpc) is 2.92. The Balaban J connectivity index is 0.00000161. The number of aromatic hydroxyl groups is 1. The van der Waals surface area contributed by atoms with Crippen molar-refractivity contribution in [3.8, 4) is 5.75 Å². The SMILES string of the molecule is O=S(=O)(Nc1ccc2n[nH]nc2c1O)c1ccccc1.[Ag+]. The molecule has 0 spiro atoms. The number of rotatable bonds is 3. The van der Waals surface area contributed by atoms with Gasteiger partial charge in [0.1, 0.15) is 5.52 Å². The Morgan fingerprint density at radius 1 is 1.05 bits per heavy atom. The van der Waals surface area contributed by atoms with Crippen LogP contribution in [0.5, 0.6) is 5.75 Å². The molecule has 0 atom stereocenters. The third kappa shape index (κ3) is 2.93. The van der Waals surface area contributed by atoms with E-state index in [4.69, 9.17) is 0 Å². The molecule has 0 radical (unpaired) electrons. The number of phenolic OH excluding ortho intramolecular Hbond substituents is 1. The van der Waals surface area contributed by atoms with Crippen LogP contribution < -0.4 is 4.72 Å². The van der Waals surface area contributed by atoms with Gasteiger partial charge in [-0.3, -0.25) is 4.72 Å². The van der Waals surface area contributed by atoms with Crippen LogP contribution >= 0.6 is 0 Å². The molecular formula is C12H10AgN4O3S+. The molecule has 0 aliphatic heterocycles. The number of H-pyrrole nitrogens is 1. The van der Waals surface area contributed by atoms with E-state index in [2.05, 4.69) is 20.1 Å². The molecule has 9 heteroatoms. The third-order valence-electron chi connectivity index (χ3n) is 2.76. The van der Waals surface area contributed by atoms with Crippen molar-refractivity contribution in [3.05, 3.63) is 42.5 Å². The second kappa shape index (κ2) is 5.86. The van der Waals surface area contributed by atoms with Crippen molar-refractivity contribution in [2.24, 2.45) is 0 Å². The summed E-state index contributed by atoms with van der Waals surface area (Å²) < 4.78 is 26.6. The number of hydrogen-bond donors (Lipinski definition) is 3. The fourth-order valence-electron chi connectivity index (χ4n) is 1.78. The third-order valence-corrected chi connectivity index (χ3v) is 4.14. The van der Waals surface area contributed by atoms with Crippen LogP contribution in [0.15, 0.2) is 47.4 Å². The molecular weight excluding hydrogens is 388 g/mol. The molecule has 112 valence electrons. The first-order valence-corrected chi connectivity index (χ1v) is 7.16. The van der Waals surface area contributed by atoms with E-state index >= 15 is 0 Å². The number of aromatic amines is 1. The van der Waals surface area contributed by atoms with Crippen LogP contribution in [0.1, 0.15) is 0 Å². The maximum absolute atomic E-state index is 12.2. The van der Waals surface area contributed by atoms with Crippen molar-refractivity contribution in [2.75, 3.05) is 4.72 Å². The minimum Gasteiger partial charge on any atom is -0.504 e. The quantitative estimate of drug-likeness (QED) is 0.458. The summed E-state index contributed by atoms with van der Waals surface area (Å²) in [6.45, 7) is 0. The molecule has 1 heterocycles. The Morgan fingerprint density at radius 3 is 2.48 bits per heavy atom. The second-order valence-electron chi connectivity index (χ2n) is 4.07. The smallest absolute Gasteiger partial charge is 0.504 e. The van der Waals surface area contributed by atoms with E-state index in [0.717, 1.165) is 0 Å². The predicted octanol–water partition coefficient (Wildman–Crippen LogP) is 1.46. The minimum atomic E-state index is -3.76. The summed E-state index contributed by atoms with van der Waals surface area (Å²) in [6, 6.07) is 10.9. The Bertz CT molecular complexity index is 865. The summed E-state index contributed by atoms with van der Waals surface area (Å²) in [7, 11) is -3.76. The first-order valence-electron chi connectivity index (χ1n) is 5.68.